The molecule has 0 spiro atoms. The molecule has 1 saturated heterocycles. The molecule has 1 atom stereocenters. The van der Waals surface area contributed by atoms with Gasteiger partial charge in [-0.2, -0.15) is 0 Å². The van der Waals surface area contributed by atoms with Gasteiger partial charge in [-0.05, 0) is 68.1 Å². The van der Waals surface area contributed by atoms with Crippen LogP contribution in [0.25, 0.3) is 0 Å². The maximum absolute atomic E-state index is 12.4. The van der Waals surface area contributed by atoms with E-state index in [4.69, 9.17) is 4.74 Å². The molecule has 0 aliphatic carbocycles. The first-order chi connectivity index (χ1) is 16.6. The normalized spacial score (nSPS) is 16.0. The number of aliphatic hydroxyl groups is 1. The molecular formula is C26H37N3O5S. The summed E-state index contributed by atoms with van der Waals surface area (Å²) < 4.78 is 30.9. The molecule has 1 amide bonds. The molecule has 0 radical (unpaired) electrons. The molecule has 0 aromatic heterocycles. The van der Waals surface area contributed by atoms with Crippen LogP contribution in [0.5, 0.6) is 11.5 Å². The summed E-state index contributed by atoms with van der Waals surface area (Å²) in [5.41, 5.74) is 1.68. The minimum absolute atomic E-state index is 0.168. The molecule has 192 valence electrons. The van der Waals surface area contributed by atoms with E-state index in [1.165, 1.54) is 5.56 Å². The molecule has 2 N–H and O–H groups in total. The number of ether oxygens (including phenoxy) is 1. The number of benzene rings is 2. The second-order valence-electron chi connectivity index (χ2n) is 9.23. The van der Waals surface area contributed by atoms with Gasteiger partial charge >= 0.3 is 0 Å². The van der Waals surface area contributed by atoms with Gasteiger partial charge in [0.05, 0.1) is 12.4 Å². The molecule has 1 unspecified atom stereocenters. The molecule has 0 bridgehead atoms. The highest BCUT2D eigenvalue weighted by atomic mass is 32.2. The van der Waals surface area contributed by atoms with Gasteiger partial charge in [0.2, 0.25) is 15.9 Å². The maximum Gasteiger partial charge on any atom is 0.229 e. The summed E-state index contributed by atoms with van der Waals surface area (Å²) >= 11 is 0. The third-order valence-electron chi connectivity index (χ3n) is 6.13. The number of piperidine rings is 1. The molecular weight excluding hydrogens is 466 g/mol. The number of hydrogen-bond acceptors (Lipinski definition) is 6. The van der Waals surface area contributed by atoms with Crippen molar-refractivity contribution in [2.75, 3.05) is 30.6 Å². The molecule has 0 saturated carbocycles. The number of amides is 1. The highest BCUT2D eigenvalue weighted by Crippen LogP contribution is 2.25. The molecule has 9 heteroatoms. The second-order valence-corrected chi connectivity index (χ2v) is 11.0. The van der Waals surface area contributed by atoms with E-state index in [2.05, 4.69) is 21.8 Å². The van der Waals surface area contributed by atoms with Crippen molar-refractivity contribution in [3.8, 4) is 11.5 Å². The van der Waals surface area contributed by atoms with Crippen molar-refractivity contribution in [3.05, 3.63) is 54.1 Å². The van der Waals surface area contributed by atoms with Crippen molar-refractivity contribution in [1.82, 2.24) is 9.80 Å². The molecule has 1 heterocycles. The topological polar surface area (TPSA) is 99.2 Å². The number of carbonyl (C=O) groups is 1. The Kier molecular flexibility index (Phi) is 9.54. The summed E-state index contributed by atoms with van der Waals surface area (Å²) in [4.78, 5) is 16.8. The van der Waals surface area contributed by atoms with E-state index in [1.807, 2.05) is 24.0 Å². The molecule has 35 heavy (non-hydrogen) atoms. The smallest absolute Gasteiger partial charge is 0.229 e. The minimum Gasteiger partial charge on any atom is -0.457 e. The van der Waals surface area contributed by atoms with Gasteiger partial charge in [-0.15, -0.1) is 0 Å². The first-order valence-corrected chi connectivity index (χ1v) is 14.1. The molecule has 8 nitrogen and oxygen atoms in total. The van der Waals surface area contributed by atoms with Crippen molar-refractivity contribution >= 4 is 21.6 Å². The number of anilines is 1. The number of nitrogens with one attached hydrogen (secondary N) is 1. The zero-order valence-corrected chi connectivity index (χ0v) is 21.6. The Morgan fingerprint density at radius 3 is 2.20 bits per heavy atom. The fraction of sp³-hybridized carbons (Fsp3) is 0.500. The lowest BCUT2D eigenvalue weighted by Gasteiger charge is -2.39. The number of nitrogens with zero attached hydrogens (tertiary/aromatic N) is 2. The van der Waals surface area contributed by atoms with Gasteiger partial charge < -0.3 is 14.7 Å². The molecule has 2 aromatic rings. The van der Waals surface area contributed by atoms with Crippen LogP contribution in [-0.2, 0) is 21.4 Å². The minimum atomic E-state index is -3.31. The van der Waals surface area contributed by atoms with Crippen LogP contribution in [0.3, 0.4) is 0 Å². The lowest BCUT2D eigenvalue weighted by molar-refractivity contribution is -0.134. The molecule has 1 fully saturated rings. The van der Waals surface area contributed by atoms with Gasteiger partial charge in [-0.1, -0.05) is 19.1 Å². The number of hydrogen-bond donors (Lipinski definition) is 2. The van der Waals surface area contributed by atoms with Crippen molar-refractivity contribution < 1.29 is 23.1 Å². The van der Waals surface area contributed by atoms with Gasteiger partial charge in [-0.3, -0.25) is 14.4 Å². The molecule has 2 aromatic carbocycles. The van der Waals surface area contributed by atoms with Crippen LogP contribution in [0.1, 0.15) is 45.1 Å². The summed E-state index contributed by atoms with van der Waals surface area (Å²) in [7, 11) is -3.31. The Morgan fingerprint density at radius 2 is 1.69 bits per heavy atom. The van der Waals surface area contributed by atoms with Crippen LogP contribution in [0.2, 0.25) is 0 Å². The number of rotatable bonds is 11. The number of aliphatic hydroxyl groups excluding tert-OH is 1. The van der Waals surface area contributed by atoms with Crippen LogP contribution in [-0.4, -0.2) is 67.3 Å². The van der Waals surface area contributed by atoms with Crippen molar-refractivity contribution in [2.45, 2.75) is 58.2 Å². The quantitative estimate of drug-likeness (QED) is 0.484. The Labute approximate surface area is 208 Å². The van der Waals surface area contributed by atoms with Crippen LogP contribution >= 0.6 is 0 Å². The van der Waals surface area contributed by atoms with Crippen LogP contribution in [0.4, 0.5) is 5.69 Å². The van der Waals surface area contributed by atoms with Crippen molar-refractivity contribution in [2.24, 2.45) is 0 Å². The van der Waals surface area contributed by atoms with Crippen molar-refractivity contribution in [1.29, 1.82) is 0 Å². The summed E-state index contributed by atoms with van der Waals surface area (Å²) in [5.74, 6) is 1.50. The lowest BCUT2D eigenvalue weighted by Crippen LogP contribution is -2.47. The summed E-state index contributed by atoms with van der Waals surface area (Å²) in [6.45, 7) is 6.98. The zero-order chi connectivity index (χ0) is 25.4. The van der Waals surface area contributed by atoms with Crippen LogP contribution in [0, 0.1) is 0 Å². The average molecular weight is 504 g/mol. The first kappa shape index (κ1) is 27.0. The monoisotopic (exact) mass is 503 g/mol. The first-order valence-electron chi connectivity index (χ1n) is 12.2. The van der Waals surface area contributed by atoms with Gasteiger partial charge in [0.25, 0.3) is 0 Å². The predicted octanol–water partition coefficient (Wildman–Crippen LogP) is 3.82. The van der Waals surface area contributed by atoms with E-state index in [-0.39, 0.29) is 11.9 Å². The lowest BCUT2D eigenvalue weighted by atomic mass is 10.0. The van der Waals surface area contributed by atoms with Gasteiger partial charge in [-0.25, -0.2) is 8.42 Å². The Morgan fingerprint density at radius 1 is 1.11 bits per heavy atom. The number of sulfonamides is 1. The Hall–Kier alpha value is -2.62. The van der Waals surface area contributed by atoms with E-state index >= 15 is 0 Å². The fourth-order valence-electron chi connectivity index (χ4n) is 4.29. The highest BCUT2D eigenvalue weighted by Gasteiger charge is 2.27. The van der Waals surface area contributed by atoms with Gasteiger partial charge in [0, 0.05) is 44.3 Å². The Balaban J connectivity index is 1.49. The van der Waals surface area contributed by atoms with E-state index in [9.17, 15) is 18.3 Å². The summed E-state index contributed by atoms with van der Waals surface area (Å²) in [6.07, 6.45) is 3.71. The van der Waals surface area contributed by atoms with E-state index in [1.54, 1.807) is 31.2 Å². The largest absolute Gasteiger partial charge is 0.457 e. The summed E-state index contributed by atoms with van der Waals surface area (Å²) in [5, 5.41) is 9.63. The highest BCUT2D eigenvalue weighted by molar-refractivity contribution is 7.92. The molecule has 3 rings (SSSR count). The van der Waals surface area contributed by atoms with Crippen LogP contribution < -0.4 is 9.46 Å². The predicted molar refractivity (Wildman–Crippen MR) is 138 cm³/mol. The average Bonchev–Trinajstić information content (AvgIpc) is 2.81. The van der Waals surface area contributed by atoms with E-state index in [0.29, 0.717) is 36.6 Å². The van der Waals surface area contributed by atoms with Gasteiger partial charge in [0.1, 0.15) is 11.5 Å². The fourth-order valence-corrected chi connectivity index (χ4v) is 4.86. The standard InChI is InChI=1S/C26H37N3O5S/c1-4-26(31)29(18-13-20(2)30)23-14-16-28(17-15-23)19-21-5-9-24(10-6-21)34-25-11-7-22(8-12-25)27-35(3,32)33/h5-12,20,23,27,30H,4,13-19H2,1-3H3. The van der Waals surface area contributed by atoms with Crippen molar-refractivity contribution in [3.63, 3.8) is 0 Å². The second kappa shape index (κ2) is 12.4. The van der Waals surface area contributed by atoms with E-state index in [0.717, 1.165) is 38.7 Å². The maximum atomic E-state index is 12.4. The third-order valence-corrected chi connectivity index (χ3v) is 6.74. The Bertz CT molecular complexity index is 1050. The van der Waals surface area contributed by atoms with Gasteiger partial charge in [0.15, 0.2) is 0 Å². The zero-order valence-electron chi connectivity index (χ0n) is 20.8. The van der Waals surface area contributed by atoms with E-state index < -0.39 is 16.1 Å². The number of likely N-dealkylation sites (tertiary alicyclic amines) is 1. The number of carbonyl (C=O) groups excluding carboxylic acids is 1. The molecule has 1 aliphatic rings. The molecule has 1 aliphatic heterocycles. The SMILES string of the molecule is CCC(=O)N(CCC(C)O)C1CCN(Cc2ccc(Oc3ccc(NS(C)(=O)=O)cc3)cc2)CC1. The third kappa shape index (κ3) is 8.83. The summed E-state index contributed by atoms with van der Waals surface area (Å²) in [6, 6.07) is 15.0. The van der Waals surface area contributed by atoms with Crippen LogP contribution in [0.15, 0.2) is 48.5 Å².